The van der Waals surface area contributed by atoms with Gasteiger partial charge in [-0.05, 0) is 26.1 Å². The minimum absolute atomic E-state index is 0.0728. The molecule has 1 atom stereocenters. The number of carbonyl (C=O) groups is 2. The number of aliphatic carboxylic acids is 1. The van der Waals surface area contributed by atoms with Crippen LogP contribution in [0, 0.1) is 6.92 Å². The van der Waals surface area contributed by atoms with Gasteiger partial charge < -0.3 is 19.2 Å². The first-order valence-corrected chi connectivity index (χ1v) is 8.78. The Morgan fingerprint density at radius 3 is 2.78 bits per heavy atom. The maximum absolute atomic E-state index is 12.9. The number of oxazole rings is 1. The Labute approximate surface area is 157 Å². The van der Waals surface area contributed by atoms with Crippen molar-refractivity contribution in [3.05, 3.63) is 41.8 Å². The Morgan fingerprint density at radius 1 is 1.33 bits per heavy atom. The second-order valence-corrected chi connectivity index (χ2v) is 6.62. The number of benzene rings is 1. The van der Waals surface area contributed by atoms with Gasteiger partial charge in [0.2, 0.25) is 5.89 Å². The first-order valence-electron chi connectivity index (χ1n) is 8.78. The molecule has 0 aliphatic carbocycles. The van der Waals surface area contributed by atoms with E-state index < -0.39 is 5.97 Å². The molecule has 0 radical (unpaired) electrons. The van der Waals surface area contributed by atoms with Crippen LogP contribution in [0.25, 0.3) is 11.5 Å². The van der Waals surface area contributed by atoms with Crippen molar-refractivity contribution >= 4 is 11.9 Å². The summed E-state index contributed by atoms with van der Waals surface area (Å²) in [5, 5.41) is 8.86. The zero-order chi connectivity index (χ0) is 19.4. The standard InChI is InChI=1S/C19H23N3O5/c1-13-17(20-18(27-13)14-6-4-3-5-7-14)19(25)22-8-9-26-15(11-22)10-21(2)12-16(23)24/h3-7,15H,8-12H2,1-2H3,(H,23,24). The zero-order valence-corrected chi connectivity index (χ0v) is 15.4. The number of amides is 1. The first kappa shape index (κ1) is 19.1. The number of ether oxygens (including phenoxy) is 1. The third-order valence-electron chi connectivity index (χ3n) is 4.37. The number of carboxylic acid groups (broad SMARTS) is 1. The average Bonchev–Trinajstić information content (AvgIpc) is 3.03. The molecule has 1 N–H and O–H groups in total. The van der Waals surface area contributed by atoms with Gasteiger partial charge in [0.05, 0.1) is 19.3 Å². The second-order valence-electron chi connectivity index (χ2n) is 6.62. The number of hydrogen-bond acceptors (Lipinski definition) is 6. The summed E-state index contributed by atoms with van der Waals surface area (Å²) in [6, 6.07) is 9.43. The molecule has 1 aliphatic heterocycles. The SMILES string of the molecule is Cc1oc(-c2ccccc2)nc1C(=O)N1CCOC(CN(C)CC(=O)O)C1. The fourth-order valence-electron chi connectivity index (χ4n) is 3.11. The van der Waals surface area contributed by atoms with Crippen molar-refractivity contribution in [1.29, 1.82) is 0 Å². The average molecular weight is 373 g/mol. The minimum atomic E-state index is -0.895. The van der Waals surface area contributed by atoms with Crippen molar-refractivity contribution in [2.24, 2.45) is 0 Å². The number of hydrogen-bond donors (Lipinski definition) is 1. The van der Waals surface area contributed by atoms with Gasteiger partial charge in [0.15, 0.2) is 5.69 Å². The highest BCUT2D eigenvalue weighted by molar-refractivity contribution is 5.93. The van der Waals surface area contributed by atoms with E-state index in [9.17, 15) is 9.59 Å². The molecule has 3 rings (SSSR count). The molecule has 0 spiro atoms. The largest absolute Gasteiger partial charge is 0.480 e. The second kappa shape index (κ2) is 8.32. The molecular formula is C19H23N3O5. The van der Waals surface area contributed by atoms with Crippen LogP contribution in [0.3, 0.4) is 0 Å². The van der Waals surface area contributed by atoms with Crippen molar-refractivity contribution in [3.63, 3.8) is 0 Å². The third kappa shape index (κ3) is 4.72. The smallest absolute Gasteiger partial charge is 0.317 e. The normalized spacial score (nSPS) is 17.3. The molecular weight excluding hydrogens is 350 g/mol. The van der Waals surface area contributed by atoms with Gasteiger partial charge in [0.1, 0.15) is 5.76 Å². The first-order chi connectivity index (χ1) is 12.9. The summed E-state index contributed by atoms with van der Waals surface area (Å²) in [6.45, 7) is 3.34. The predicted molar refractivity (Wildman–Crippen MR) is 97.5 cm³/mol. The van der Waals surface area contributed by atoms with Gasteiger partial charge in [-0.15, -0.1) is 0 Å². The number of likely N-dealkylation sites (N-methyl/N-ethyl adjacent to an activating group) is 1. The van der Waals surface area contributed by atoms with Crippen LogP contribution >= 0.6 is 0 Å². The number of nitrogens with zero attached hydrogens (tertiary/aromatic N) is 3. The molecule has 1 aliphatic rings. The molecule has 1 fully saturated rings. The van der Waals surface area contributed by atoms with Crippen LogP contribution in [-0.2, 0) is 9.53 Å². The number of aryl methyl sites for hydroxylation is 1. The lowest BCUT2D eigenvalue weighted by Crippen LogP contribution is -2.49. The van der Waals surface area contributed by atoms with Crippen LogP contribution in [0.1, 0.15) is 16.2 Å². The van der Waals surface area contributed by atoms with Crippen molar-refractivity contribution in [3.8, 4) is 11.5 Å². The van der Waals surface area contributed by atoms with Gasteiger partial charge in [0, 0.05) is 25.2 Å². The molecule has 1 saturated heterocycles. The molecule has 1 unspecified atom stereocenters. The Morgan fingerprint density at radius 2 is 2.07 bits per heavy atom. The number of carboxylic acids is 1. The van der Waals surface area contributed by atoms with Gasteiger partial charge in [-0.1, -0.05) is 18.2 Å². The van der Waals surface area contributed by atoms with E-state index in [2.05, 4.69) is 4.98 Å². The monoisotopic (exact) mass is 373 g/mol. The van der Waals surface area contributed by atoms with E-state index in [1.54, 1.807) is 23.8 Å². The number of morpholine rings is 1. The Balaban J connectivity index is 1.68. The zero-order valence-electron chi connectivity index (χ0n) is 15.4. The number of rotatable bonds is 6. The Hall–Kier alpha value is -2.71. The maximum Gasteiger partial charge on any atom is 0.317 e. The van der Waals surface area contributed by atoms with Crippen molar-refractivity contribution in [2.45, 2.75) is 13.0 Å². The summed E-state index contributed by atoms with van der Waals surface area (Å²) in [6.07, 6.45) is -0.243. The van der Waals surface area contributed by atoms with Gasteiger partial charge in [-0.25, -0.2) is 4.98 Å². The molecule has 1 aromatic heterocycles. The Bertz CT molecular complexity index is 805. The van der Waals surface area contributed by atoms with E-state index in [-0.39, 0.29) is 18.6 Å². The highest BCUT2D eigenvalue weighted by Crippen LogP contribution is 2.23. The van der Waals surface area contributed by atoms with E-state index >= 15 is 0 Å². The van der Waals surface area contributed by atoms with Gasteiger partial charge >= 0.3 is 5.97 Å². The number of aromatic nitrogens is 1. The molecule has 1 aromatic carbocycles. The molecule has 2 aromatic rings. The van der Waals surface area contributed by atoms with Crippen LogP contribution < -0.4 is 0 Å². The van der Waals surface area contributed by atoms with E-state index in [1.165, 1.54) is 0 Å². The van der Waals surface area contributed by atoms with Crippen LogP contribution in [0.4, 0.5) is 0 Å². The van der Waals surface area contributed by atoms with Crippen LogP contribution in [0.2, 0.25) is 0 Å². The fourth-order valence-corrected chi connectivity index (χ4v) is 3.11. The molecule has 8 nitrogen and oxygen atoms in total. The van der Waals surface area contributed by atoms with Gasteiger partial charge in [-0.2, -0.15) is 0 Å². The molecule has 2 heterocycles. The quantitative estimate of drug-likeness (QED) is 0.820. The fraction of sp³-hybridized carbons (Fsp3) is 0.421. The number of carbonyl (C=O) groups excluding carboxylic acids is 1. The molecule has 144 valence electrons. The summed E-state index contributed by atoms with van der Waals surface area (Å²) in [7, 11) is 1.71. The Kier molecular flexibility index (Phi) is 5.88. The molecule has 8 heteroatoms. The van der Waals surface area contributed by atoms with Crippen molar-refractivity contribution < 1.29 is 23.8 Å². The van der Waals surface area contributed by atoms with E-state index in [0.29, 0.717) is 43.6 Å². The highest BCUT2D eigenvalue weighted by Gasteiger charge is 2.29. The topological polar surface area (TPSA) is 96.1 Å². The maximum atomic E-state index is 12.9. The molecule has 0 saturated carbocycles. The summed E-state index contributed by atoms with van der Waals surface area (Å²) in [5.41, 5.74) is 1.11. The van der Waals surface area contributed by atoms with Crippen LogP contribution in [0.15, 0.2) is 34.7 Å². The lowest BCUT2D eigenvalue weighted by atomic mass is 10.2. The van der Waals surface area contributed by atoms with Crippen LogP contribution in [0.5, 0.6) is 0 Å². The third-order valence-corrected chi connectivity index (χ3v) is 4.37. The van der Waals surface area contributed by atoms with Crippen LogP contribution in [-0.4, -0.2) is 77.7 Å². The van der Waals surface area contributed by atoms with E-state index in [4.69, 9.17) is 14.3 Å². The van der Waals surface area contributed by atoms with E-state index in [1.807, 2.05) is 30.3 Å². The lowest BCUT2D eigenvalue weighted by molar-refractivity contribution is -0.138. The highest BCUT2D eigenvalue weighted by atomic mass is 16.5. The van der Waals surface area contributed by atoms with Crippen molar-refractivity contribution in [1.82, 2.24) is 14.8 Å². The minimum Gasteiger partial charge on any atom is -0.480 e. The molecule has 27 heavy (non-hydrogen) atoms. The summed E-state index contributed by atoms with van der Waals surface area (Å²) < 4.78 is 11.4. The lowest BCUT2D eigenvalue weighted by Gasteiger charge is -2.34. The molecule has 0 bridgehead atoms. The summed E-state index contributed by atoms with van der Waals surface area (Å²) in [5.74, 6) is -0.201. The summed E-state index contributed by atoms with van der Waals surface area (Å²) in [4.78, 5) is 31.5. The molecule has 1 amide bonds. The predicted octanol–water partition coefficient (Wildman–Crippen LogP) is 1.51. The van der Waals surface area contributed by atoms with Gasteiger partial charge in [0.25, 0.3) is 5.91 Å². The van der Waals surface area contributed by atoms with E-state index in [0.717, 1.165) is 5.56 Å². The van der Waals surface area contributed by atoms with Gasteiger partial charge in [-0.3, -0.25) is 14.5 Å². The summed E-state index contributed by atoms with van der Waals surface area (Å²) >= 11 is 0. The van der Waals surface area contributed by atoms with Crippen molar-refractivity contribution in [2.75, 3.05) is 39.8 Å².